The zero-order chi connectivity index (χ0) is 20.1. The number of aromatic nitrogens is 5. The molecule has 0 saturated heterocycles. The number of fused-ring (bicyclic) bond motifs is 1. The van der Waals surface area contributed by atoms with Crippen molar-refractivity contribution in [3.8, 4) is 0 Å². The minimum Gasteiger partial charge on any atom is -0.342 e. The maximum Gasteiger partial charge on any atom is 0.276 e. The highest BCUT2D eigenvalue weighted by Gasteiger charge is 2.47. The molecule has 152 valence electrons. The number of nitrogens with zero attached hydrogens (tertiary/aromatic N) is 5. The molecule has 8 nitrogen and oxygen atoms in total. The first-order chi connectivity index (χ1) is 14.0. The number of carbonyl (C=O) groups is 1. The van der Waals surface area contributed by atoms with Gasteiger partial charge >= 0.3 is 0 Å². The van der Waals surface area contributed by atoms with Gasteiger partial charge in [0.2, 0.25) is 0 Å². The summed E-state index contributed by atoms with van der Waals surface area (Å²) < 4.78 is 6.53. The van der Waals surface area contributed by atoms with Crippen LogP contribution in [0.4, 0.5) is 0 Å². The normalized spacial score (nSPS) is 18.0. The first-order valence-electron chi connectivity index (χ1n) is 10.5. The number of carbonyl (C=O) groups excluding carboxylic acids is 1. The lowest BCUT2D eigenvalue weighted by Gasteiger charge is -2.26. The smallest absolute Gasteiger partial charge is 0.276 e. The molecule has 0 spiro atoms. The lowest BCUT2D eigenvalue weighted by atomic mass is 9.87. The average Bonchev–Trinajstić information content (AvgIpc) is 3.62. The van der Waals surface area contributed by atoms with E-state index in [1.54, 1.807) is 11.4 Å². The van der Waals surface area contributed by atoms with Crippen molar-refractivity contribution in [1.82, 2.24) is 30.2 Å². The molecule has 1 N–H and O–H groups in total. The van der Waals surface area contributed by atoms with Crippen molar-refractivity contribution >= 4 is 11.6 Å². The molecule has 0 bridgehead atoms. The molecule has 1 unspecified atom stereocenters. The summed E-state index contributed by atoms with van der Waals surface area (Å²) in [7, 11) is 0. The van der Waals surface area contributed by atoms with E-state index in [1.165, 1.54) is 25.7 Å². The van der Waals surface area contributed by atoms with Gasteiger partial charge in [0.15, 0.2) is 11.3 Å². The van der Waals surface area contributed by atoms with Gasteiger partial charge in [-0.1, -0.05) is 19.0 Å². The largest absolute Gasteiger partial charge is 0.342 e. The van der Waals surface area contributed by atoms with Crippen LogP contribution in [0, 0.1) is 24.7 Å². The molecule has 0 aromatic carbocycles. The molecule has 0 aliphatic heterocycles. The van der Waals surface area contributed by atoms with Crippen LogP contribution in [0.2, 0.25) is 0 Å². The molecule has 2 fully saturated rings. The SMILES string of the molecule is Cc1nonc1C(=O)NC(c1cn2ncc(C(C)C)cc2n1)C(C1CC1)C1CC1. The van der Waals surface area contributed by atoms with E-state index >= 15 is 0 Å². The Hall–Kier alpha value is -2.77. The molecule has 2 aliphatic rings. The maximum absolute atomic E-state index is 12.9. The van der Waals surface area contributed by atoms with Gasteiger partial charge in [-0.2, -0.15) is 5.10 Å². The Morgan fingerprint density at radius 1 is 1.21 bits per heavy atom. The predicted molar refractivity (Wildman–Crippen MR) is 105 cm³/mol. The molecule has 1 atom stereocenters. The van der Waals surface area contributed by atoms with Crippen molar-refractivity contribution in [2.75, 3.05) is 0 Å². The van der Waals surface area contributed by atoms with E-state index in [1.807, 2.05) is 12.4 Å². The van der Waals surface area contributed by atoms with Gasteiger partial charge in [-0.05, 0) is 73.1 Å². The molecular weight excluding hydrogens is 368 g/mol. The van der Waals surface area contributed by atoms with E-state index in [2.05, 4.69) is 40.6 Å². The molecule has 0 radical (unpaired) electrons. The van der Waals surface area contributed by atoms with Gasteiger partial charge in [0, 0.05) is 0 Å². The van der Waals surface area contributed by atoms with Gasteiger partial charge in [0.1, 0.15) is 5.69 Å². The number of hydrogen-bond donors (Lipinski definition) is 1. The average molecular weight is 394 g/mol. The summed E-state index contributed by atoms with van der Waals surface area (Å²) in [4.78, 5) is 17.8. The summed E-state index contributed by atoms with van der Waals surface area (Å²) in [6.45, 7) is 6.01. The molecule has 3 aromatic heterocycles. The third kappa shape index (κ3) is 3.52. The second-order valence-electron chi connectivity index (χ2n) is 8.81. The third-order valence-corrected chi connectivity index (χ3v) is 6.22. The Labute approximate surface area is 169 Å². The number of imidazole rings is 1. The number of hydrogen-bond acceptors (Lipinski definition) is 6. The van der Waals surface area contributed by atoms with Gasteiger partial charge < -0.3 is 5.32 Å². The summed E-state index contributed by atoms with van der Waals surface area (Å²) in [5.41, 5.74) is 3.57. The number of amides is 1. The molecule has 3 aromatic rings. The van der Waals surface area contributed by atoms with E-state index in [-0.39, 0.29) is 17.6 Å². The summed E-state index contributed by atoms with van der Waals surface area (Å²) in [5.74, 6) is 1.82. The minimum absolute atomic E-state index is 0.164. The van der Waals surface area contributed by atoms with E-state index < -0.39 is 0 Å². The fourth-order valence-corrected chi connectivity index (χ4v) is 4.28. The molecule has 29 heavy (non-hydrogen) atoms. The number of aryl methyl sites for hydroxylation is 1. The van der Waals surface area contributed by atoms with Crippen molar-refractivity contribution in [2.24, 2.45) is 17.8 Å². The number of rotatable bonds is 7. The van der Waals surface area contributed by atoms with Crippen LogP contribution in [0.15, 0.2) is 23.1 Å². The molecule has 5 rings (SSSR count). The lowest BCUT2D eigenvalue weighted by molar-refractivity contribution is 0.0900. The van der Waals surface area contributed by atoms with E-state index in [0.29, 0.717) is 29.4 Å². The summed E-state index contributed by atoms with van der Waals surface area (Å²) in [6.07, 6.45) is 8.74. The first kappa shape index (κ1) is 18.3. The monoisotopic (exact) mass is 394 g/mol. The quantitative estimate of drug-likeness (QED) is 0.659. The van der Waals surface area contributed by atoms with Gasteiger partial charge in [-0.25, -0.2) is 14.1 Å². The van der Waals surface area contributed by atoms with Crippen molar-refractivity contribution in [2.45, 2.75) is 58.4 Å². The topological polar surface area (TPSA) is 98.2 Å². The van der Waals surface area contributed by atoms with E-state index in [4.69, 9.17) is 9.61 Å². The van der Waals surface area contributed by atoms with Crippen LogP contribution in [0.3, 0.4) is 0 Å². The standard InChI is InChI=1S/C21H26N6O2/c1-11(2)15-8-17-23-16(10-27(17)22-9-15)20(18(13-4-5-13)14-6-7-14)24-21(28)19-12(3)25-29-26-19/h8-11,13-14,18,20H,4-7H2,1-3H3,(H,24,28). The third-order valence-electron chi connectivity index (χ3n) is 6.22. The predicted octanol–water partition coefficient (Wildman–Crippen LogP) is 3.45. The highest BCUT2D eigenvalue weighted by Crippen LogP contribution is 2.54. The Balaban J connectivity index is 1.52. The van der Waals surface area contributed by atoms with Crippen molar-refractivity contribution in [3.63, 3.8) is 0 Å². The molecular formula is C21H26N6O2. The molecule has 1 amide bonds. The van der Waals surface area contributed by atoms with Crippen LogP contribution in [0.5, 0.6) is 0 Å². The fourth-order valence-electron chi connectivity index (χ4n) is 4.28. The Bertz CT molecular complexity index is 1030. The minimum atomic E-state index is -0.257. The maximum atomic E-state index is 12.9. The highest BCUT2D eigenvalue weighted by molar-refractivity contribution is 5.93. The highest BCUT2D eigenvalue weighted by atomic mass is 16.6. The van der Waals surface area contributed by atoms with Crippen LogP contribution < -0.4 is 5.32 Å². The molecule has 2 aliphatic carbocycles. The zero-order valence-corrected chi connectivity index (χ0v) is 17.0. The van der Waals surface area contributed by atoms with Gasteiger partial charge in [0.05, 0.1) is 24.1 Å². The summed E-state index contributed by atoms with van der Waals surface area (Å²) >= 11 is 0. The zero-order valence-electron chi connectivity index (χ0n) is 17.0. The fraction of sp³-hybridized carbons (Fsp3) is 0.571. The van der Waals surface area contributed by atoms with Gasteiger partial charge in [0.25, 0.3) is 5.91 Å². The van der Waals surface area contributed by atoms with Gasteiger partial charge in [-0.3, -0.25) is 4.79 Å². The summed E-state index contributed by atoms with van der Waals surface area (Å²) in [5, 5.41) is 15.3. The van der Waals surface area contributed by atoms with Crippen molar-refractivity contribution in [3.05, 3.63) is 41.1 Å². The van der Waals surface area contributed by atoms with E-state index in [0.717, 1.165) is 16.9 Å². The Kier molecular flexibility index (Phi) is 4.37. The molecule has 3 heterocycles. The van der Waals surface area contributed by atoms with E-state index in [9.17, 15) is 4.79 Å². The lowest BCUT2D eigenvalue weighted by Crippen LogP contribution is -2.36. The summed E-state index contributed by atoms with van der Waals surface area (Å²) in [6, 6.07) is 1.91. The van der Waals surface area contributed by atoms with Crippen molar-refractivity contribution < 1.29 is 9.42 Å². The second-order valence-corrected chi connectivity index (χ2v) is 8.81. The van der Waals surface area contributed by atoms with Crippen LogP contribution in [-0.4, -0.2) is 30.8 Å². The Morgan fingerprint density at radius 2 is 1.93 bits per heavy atom. The van der Waals surface area contributed by atoms with Crippen molar-refractivity contribution in [1.29, 1.82) is 0 Å². The van der Waals surface area contributed by atoms with Crippen LogP contribution >= 0.6 is 0 Å². The van der Waals surface area contributed by atoms with Crippen LogP contribution in [-0.2, 0) is 0 Å². The Morgan fingerprint density at radius 3 is 2.52 bits per heavy atom. The van der Waals surface area contributed by atoms with Crippen LogP contribution in [0.1, 0.15) is 78.9 Å². The van der Waals surface area contributed by atoms with Crippen LogP contribution in [0.25, 0.3) is 5.65 Å². The molecule has 8 heteroatoms. The number of nitrogens with one attached hydrogen (secondary N) is 1. The second kappa shape index (κ2) is 6.93. The van der Waals surface area contributed by atoms with Gasteiger partial charge in [-0.15, -0.1) is 0 Å². The first-order valence-corrected chi connectivity index (χ1v) is 10.5. The molecule has 2 saturated carbocycles.